The molecule has 0 heterocycles. The van der Waals surface area contributed by atoms with Crippen molar-refractivity contribution in [2.75, 3.05) is 5.48 Å². The van der Waals surface area contributed by atoms with Gasteiger partial charge in [-0.2, -0.15) is 13.2 Å². The van der Waals surface area contributed by atoms with Crippen molar-refractivity contribution in [3.8, 4) is 0 Å². The standard InChI is InChI=1S/C8H3BrClF4NO2/c9-5-4(2-1-3(10)6(5)11)15-17-7(16)8(12,13)14/h1-2,15H. The Hall–Kier alpha value is -1.02. The predicted octanol–water partition coefficient (Wildman–Crippen LogP) is 3.67. The van der Waals surface area contributed by atoms with Gasteiger partial charge in [0.25, 0.3) is 0 Å². The molecule has 0 aliphatic carbocycles. The Morgan fingerprint density at radius 3 is 2.53 bits per heavy atom. The first-order chi connectivity index (χ1) is 7.73. The Balaban J connectivity index is 2.78. The first kappa shape index (κ1) is 14.0. The molecule has 0 aliphatic rings. The van der Waals surface area contributed by atoms with Gasteiger partial charge in [0.1, 0.15) is 0 Å². The van der Waals surface area contributed by atoms with Crippen molar-refractivity contribution in [3.05, 3.63) is 27.4 Å². The van der Waals surface area contributed by atoms with Gasteiger partial charge < -0.3 is 4.84 Å². The molecule has 0 amide bonds. The van der Waals surface area contributed by atoms with E-state index in [4.69, 9.17) is 11.6 Å². The zero-order valence-electron chi connectivity index (χ0n) is 7.74. The van der Waals surface area contributed by atoms with Crippen LogP contribution in [0.15, 0.2) is 16.6 Å². The van der Waals surface area contributed by atoms with Crippen LogP contribution in [0.3, 0.4) is 0 Å². The van der Waals surface area contributed by atoms with Crippen LogP contribution in [-0.2, 0) is 9.63 Å². The maximum Gasteiger partial charge on any atom is 0.493 e. The predicted molar refractivity (Wildman–Crippen MR) is 54.9 cm³/mol. The van der Waals surface area contributed by atoms with Crippen LogP contribution in [0.25, 0.3) is 0 Å². The highest BCUT2D eigenvalue weighted by atomic mass is 79.9. The molecule has 0 unspecified atom stereocenters. The van der Waals surface area contributed by atoms with E-state index in [1.807, 2.05) is 0 Å². The third-order valence-corrected chi connectivity index (χ3v) is 2.59. The van der Waals surface area contributed by atoms with E-state index < -0.39 is 18.0 Å². The molecule has 0 fully saturated rings. The summed E-state index contributed by atoms with van der Waals surface area (Å²) in [5.41, 5.74) is 1.47. The lowest BCUT2D eigenvalue weighted by Gasteiger charge is -2.10. The monoisotopic (exact) mass is 335 g/mol. The van der Waals surface area contributed by atoms with E-state index in [1.54, 1.807) is 5.48 Å². The van der Waals surface area contributed by atoms with Crippen molar-refractivity contribution in [1.29, 1.82) is 0 Å². The lowest BCUT2D eigenvalue weighted by Crippen LogP contribution is -2.27. The first-order valence-electron chi connectivity index (χ1n) is 3.91. The van der Waals surface area contributed by atoms with Crippen LogP contribution in [-0.4, -0.2) is 12.1 Å². The summed E-state index contributed by atoms with van der Waals surface area (Å²) in [7, 11) is 0. The summed E-state index contributed by atoms with van der Waals surface area (Å²) in [5.74, 6) is -3.33. The number of nitrogens with one attached hydrogen (secondary N) is 1. The molecule has 1 aromatic carbocycles. The molecule has 0 spiro atoms. The summed E-state index contributed by atoms with van der Waals surface area (Å²) in [6, 6.07) is 2.23. The van der Waals surface area contributed by atoms with Gasteiger partial charge in [0, 0.05) is 0 Å². The smallest absolute Gasteiger partial charge is 0.335 e. The number of benzene rings is 1. The number of carbonyl (C=O) groups excluding carboxylic acids is 1. The van der Waals surface area contributed by atoms with E-state index in [1.165, 1.54) is 0 Å². The summed E-state index contributed by atoms with van der Waals surface area (Å²) in [6.45, 7) is 0. The van der Waals surface area contributed by atoms with Crippen LogP contribution in [0.1, 0.15) is 0 Å². The average molecular weight is 336 g/mol. The second-order valence-corrected chi connectivity index (χ2v) is 3.91. The molecule has 0 saturated heterocycles. The van der Waals surface area contributed by atoms with Gasteiger partial charge in [-0.25, -0.2) is 14.7 Å². The van der Waals surface area contributed by atoms with Gasteiger partial charge in [-0.3, -0.25) is 0 Å². The highest BCUT2D eigenvalue weighted by molar-refractivity contribution is 9.10. The Kier molecular flexibility index (Phi) is 4.21. The van der Waals surface area contributed by atoms with E-state index in [2.05, 4.69) is 20.8 Å². The molecule has 94 valence electrons. The maximum atomic E-state index is 13.2. The number of anilines is 1. The van der Waals surface area contributed by atoms with Gasteiger partial charge in [-0.15, -0.1) is 0 Å². The Bertz CT molecular complexity index is 452. The highest BCUT2D eigenvalue weighted by Gasteiger charge is 2.41. The van der Waals surface area contributed by atoms with Crippen LogP contribution >= 0.6 is 27.5 Å². The van der Waals surface area contributed by atoms with Crippen LogP contribution in [0, 0.1) is 5.82 Å². The summed E-state index contributed by atoms with van der Waals surface area (Å²) >= 11 is 8.14. The molecule has 0 atom stereocenters. The van der Waals surface area contributed by atoms with Gasteiger partial charge >= 0.3 is 12.1 Å². The Morgan fingerprint density at radius 1 is 1.41 bits per heavy atom. The number of hydrogen-bond donors (Lipinski definition) is 1. The van der Waals surface area contributed by atoms with Gasteiger partial charge in [0.2, 0.25) is 0 Å². The zero-order valence-corrected chi connectivity index (χ0v) is 10.1. The third kappa shape index (κ3) is 3.47. The molecule has 17 heavy (non-hydrogen) atoms. The summed E-state index contributed by atoms with van der Waals surface area (Å²) < 4.78 is 48.2. The second-order valence-electron chi connectivity index (χ2n) is 2.71. The molecular weight excluding hydrogens is 333 g/mol. The molecular formula is C8H3BrClF4NO2. The molecule has 1 N–H and O–H groups in total. The fraction of sp³-hybridized carbons (Fsp3) is 0.125. The third-order valence-electron chi connectivity index (χ3n) is 1.52. The minimum atomic E-state index is -5.13. The van der Waals surface area contributed by atoms with E-state index in [0.29, 0.717) is 0 Å². The van der Waals surface area contributed by atoms with Gasteiger partial charge in [0.15, 0.2) is 5.82 Å². The van der Waals surface area contributed by atoms with E-state index in [9.17, 15) is 22.4 Å². The van der Waals surface area contributed by atoms with Crippen molar-refractivity contribution in [3.63, 3.8) is 0 Å². The molecule has 0 aliphatic heterocycles. The SMILES string of the molecule is O=C(ONc1ccc(Cl)c(F)c1Br)C(F)(F)F. The molecule has 3 nitrogen and oxygen atoms in total. The molecule has 1 rings (SSSR count). The molecule has 1 aromatic rings. The first-order valence-corrected chi connectivity index (χ1v) is 5.08. The van der Waals surface area contributed by atoms with Crippen LogP contribution in [0.4, 0.5) is 23.2 Å². The number of alkyl halides is 3. The fourth-order valence-corrected chi connectivity index (χ4v) is 1.46. The van der Waals surface area contributed by atoms with Crippen LogP contribution in [0.2, 0.25) is 5.02 Å². The zero-order chi connectivity index (χ0) is 13.2. The minimum Gasteiger partial charge on any atom is -0.335 e. The van der Waals surface area contributed by atoms with Crippen molar-refractivity contribution in [1.82, 2.24) is 0 Å². The van der Waals surface area contributed by atoms with E-state index >= 15 is 0 Å². The van der Waals surface area contributed by atoms with Crippen molar-refractivity contribution in [2.24, 2.45) is 0 Å². The van der Waals surface area contributed by atoms with Crippen molar-refractivity contribution < 1.29 is 27.2 Å². The summed E-state index contributed by atoms with van der Waals surface area (Å²) in [6.07, 6.45) is -5.13. The van der Waals surface area contributed by atoms with Crippen LogP contribution < -0.4 is 5.48 Å². The van der Waals surface area contributed by atoms with Crippen LogP contribution in [0.5, 0.6) is 0 Å². The van der Waals surface area contributed by atoms with Gasteiger partial charge in [0.05, 0.1) is 15.2 Å². The number of carbonyl (C=O) groups is 1. The largest absolute Gasteiger partial charge is 0.493 e. The average Bonchev–Trinajstić information content (AvgIpc) is 2.23. The highest BCUT2D eigenvalue weighted by Crippen LogP contribution is 2.30. The quantitative estimate of drug-likeness (QED) is 0.509. The number of hydrogen-bond acceptors (Lipinski definition) is 3. The molecule has 9 heteroatoms. The maximum absolute atomic E-state index is 13.2. The van der Waals surface area contributed by atoms with E-state index in [-0.39, 0.29) is 15.2 Å². The van der Waals surface area contributed by atoms with Crippen molar-refractivity contribution >= 4 is 39.2 Å². The second kappa shape index (κ2) is 5.09. The minimum absolute atomic E-state index is 0.204. The Morgan fingerprint density at radius 2 is 2.00 bits per heavy atom. The molecule has 0 aromatic heterocycles. The summed E-state index contributed by atoms with van der Waals surface area (Å²) in [4.78, 5) is 14.1. The summed E-state index contributed by atoms with van der Waals surface area (Å²) in [5, 5.41) is -0.232. The number of rotatable bonds is 2. The van der Waals surface area contributed by atoms with Crippen molar-refractivity contribution in [2.45, 2.75) is 6.18 Å². The molecule has 0 saturated carbocycles. The number of halogens is 6. The lowest BCUT2D eigenvalue weighted by molar-refractivity contribution is -0.196. The fourth-order valence-electron chi connectivity index (χ4n) is 0.764. The normalized spacial score (nSPS) is 11.2. The Labute approximate surface area is 106 Å². The lowest BCUT2D eigenvalue weighted by atomic mass is 10.3. The topological polar surface area (TPSA) is 38.3 Å². The van der Waals surface area contributed by atoms with Gasteiger partial charge in [-0.1, -0.05) is 11.6 Å². The molecule has 0 radical (unpaired) electrons. The van der Waals surface area contributed by atoms with Gasteiger partial charge in [-0.05, 0) is 28.1 Å². The molecule has 0 bridgehead atoms. The van der Waals surface area contributed by atoms with E-state index in [0.717, 1.165) is 12.1 Å².